The molecule has 592 valence electrons. The zero-order valence-corrected chi connectivity index (χ0v) is 69.2. The molecular weight excluding hydrogens is 1530 g/mol. The normalized spacial score (nSPS) is 12.4. The van der Waals surface area contributed by atoms with Gasteiger partial charge in [-0.1, -0.05) is 112 Å². The number of methoxy groups -OCH3 is 4. The van der Waals surface area contributed by atoms with Crippen LogP contribution in [-0.2, 0) is 25.7 Å². The van der Waals surface area contributed by atoms with Gasteiger partial charge in [-0.2, -0.15) is 0 Å². The highest BCUT2D eigenvalue weighted by Crippen LogP contribution is 2.31. The maximum atomic E-state index is 13.0. The lowest BCUT2D eigenvalue weighted by molar-refractivity contribution is 0.0925. The van der Waals surface area contributed by atoms with Gasteiger partial charge < -0.3 is 64.4 Å². The number of pyridine rings is 4. The van der Waals surface area contributed by atoms with Gasteiger partial charge in [0, 0.05) is 94.6 Å². The number of nitrogens with zero attached hydrogens (tertiary/aromatic N) is 2. The molecule has 12 rings (SSSR count). The van der Waals surface area contributed by atoms with Crippen LogP contribution < -0.4 is 46.5 Å². The number of H-pyrrole nitrogens is 4. The number of hydrogen-bond acceptors (Lipinski definition) is 16. The van der Waals surface area contributed by atoms with Crippen LogP contribution in [0.1, 0.15) is 131 Å². The largest absolute Gasteiger partial charge is 0.506 e. The summed E-state index contributed by atoms with van der Waals surface area (Å²) < 4.78 is 20.6. The van der Waals surface area contributed by atoms with E-state index in [9.17, 15) is 44.1 Å². The van der Waals surface area contributed by atoms with Crippen molar-refractivity contribution < 1.29 is 43.9 Å². The second kappa shape index (κ2) is 42.8. The number of benzene rings is 8. The molecule has 0 saturated heterocycles. The summed E-state index contributed by atoms with van der Waals surface area (Å²) in [6.07, 6.45) is 2.75. The smallest absolute Gasteiger partial charge is 0.248 e. The second-order valence-corrected chi connectivity index (χ2v) is 28.6. The van der Waals surface area contributed by atoms with Gasteiger partial charge in [-0.25, -0.2) is 0 Å². The number of ketones is 2. The molecule has 4 heterocycles. The Morgan fingerprint density at radius 1 is 0.411 bits per heavy atom. The van der Waals surface area contributed by atoms with Crippen LogP contribution in [0, 0.1) is 26.7 Å². The third-order valence-electron chi connectivity index (χ3n) is 19.8. The van der Waals surface area contributed by atoms with E-state index in [4.69, 9.17) is 18.9 Å². The number of aromatic amines is 4. The lowest BCUT2D eigenvalue weighted by atomic mass is 9.99. The average Bonchev–Trinajstić information content (AvgIpc) is 0.784. The number of phenolic OH excluding ortho intramolecular Hbond substituents is 1. The summed E-state index contributed by atoms with van der Waals surface area (Å²) in [6, 6.07) is 60.0. The van der Waals surface area contributed by atoms with E-state index >= 15 is 0 Å². The van der Waals surface area contributed by atoms with Crippen molar-refractivity contribution in [3.8, 4) is 28.7 Å². The van der Waals surface area contributed by atoms with Crippen LogP contribution >= 0.6 is 24.0 Å². The van der Waals surface area contributed by atoms with Crippen LogP contribution in [0.4, 0.5) is 0 Å². The molecule has 0 unspecified atom stereocenters. The SMILES string of the molecule is CCC(=O)c1ccc(C)c2[nH]c(=O)ccc12.COc1ccc(CC(C)C)cc1.COc1ccc(C[C@@H](C)N(C)CC(=O)c2ccc(C)c3[nH]c(=O)ccc23)cc1.COc1ccc(C[C@@H](C)N(C)C[C@H](O)c2ccc(C)c3[nH]c(=O)ccc23)cc1.COc1ccc(C[C@@H](C)NC[C@H](O)c2ccc(O)c3[nH]c(=O)ccc23)cc1.I. The minimum Gasteiger partial charge on any atom is -0.506 e. The average molecular weight is 1630 g/mol. The number of carbonyl (C=O) groups is 2. The Hall–Kier alpha value is -10.5. The topological polar surface area (TPSA) is 282 Å². The third-order valence-corrected chi connectivity index (χ3v) is 19.8. The predicted octanol–water partition coefficient (Wildman–Crippen LogP) is 15.5. The molecule has 21 heteroatoms. The Labute approximate surface area is 672 Å². The van der Waals surface area contributed by atoms with E-state index in [1.165, 1.54) is 52.6 Å². The summed E-state index contributed by atoms with van der Waals surface area (Å²) in [5.41, 5.74) is 12.6. The fourth-order valence-electron chi connectivity index (χ4n) is 13.1. The zero-order valence-electron chi connectivity index (χ0n) is 66.8. The van der Waals surface area contributed by atoms with E-state index < -0.39 is 12.2 Å². The van der Waals surface area contributed by atoms with Crippen LogP contribution in [0.2, 0.25) is 0 Å². The highest BCUT2D eigenvalue weighted by molar-refractivity contribution is 14.0. The van der Waals surface area contributed by atoms with Gasteiger partial charge in [0.1, 0.15) is 28.7 Å². The van der Waals surface area contributed by atoms with E-state index in [-0.39, 0.29) is 81.7 Å². The number of halogens is 1. The van der Waals surface area contributed by atoms with Crippen LogP contribution in [0.15, 0.2) is 213 Å². The standard InChI is InChI=1S/C23H28N2O3.C23H26N2O3.C21H24N2O4.C13H13NO2.C11H16O.HI/c2*1-15-5-10-19(20-11-12-22(27)24-23(15)20)21(26)14-25(3)16(2)13-17-6-8-18(28-4)9-7-17;1-13(11-14-3-5-15(27-2)6-4-14)22-12-19(25)16-7-9-18(24)21-17(16)8-10-20(26)23-21;1-3-11(15)9-5-4-8(2)13-10(9)6-7-12(16)14-13;1-9(2)8-10-4-6-11(12-3)7-5-10;/h5-12,16,21,26H,13-14H2,1-4H3,(H,24,27);5-12,16H,13-14H2,1-4H3,(H,24,27);3-10,13,19,22,24-25H,11-12H2,1-2H3,(H,23,26);4-7H,3H2,1-2H3,(H,14,16);4-7,9H,8H2,1-3H3;1H/t16-,21+;16-;13-,19+;;;/m111.../s1. The zero-order chi connectivity index (χ0) is 80.6. The van der Waals surface area contributed by atoms with Crippen LogP contribution in [0.5, 0.6) is 28.7 Å². The molecule has 5 atom stereocenters. The fourth-order valence-corrected chi connectivity index (χ4v) is 13.1. The van der Waals surface area contributed by atoms with Crippen LogP contribution in [-0.4, -0.2) is 137 Å². The van der Waals surface area contributed by atoms with Crippen molar-refractivity contribution in [1.29, 1.82) is 0 Å². The Morgan fingerprint density at radius 2 is 0.750 bits per heavy atom. The molecule has 8 aromatic carbocycles. The molecule has 112 heavy (non-hydrogen) atoms. The number of phenols is 1. The van der Waals surface area contributed by atoms with Gasteiger partial charge in [0.2, 0.25) is 22.2 Å². The van der Waals surface area contributed by atoms with Gasteiger partial charge in [0.15, 0.2) is 11.6 Å². The molecule has 8 N–H and O–H groups in total. The van der Waals surface area contributed by atoms with E-state index in [2.05, 4.69) is 106 Å². The number of rotatable bonds is 26. The summed E-state index contributed by atoms with van der Waals surface area (Å²) >= 11 is 0. The van der Waals surface area contributed by atoms with E-state index in [1.54, 1.807) is 58.8 Å². The van der Waals surface area contributed by atoms with Crippen molar-refractivity contribution in [2.45, 2.75) is 125 Å². The predicted molar refractivity (Wildman–Crippen MR) is 462 cm³/mol. The quantitative estimate of drug-likeness (QED) is 0.0185. The van der Waals surface area contributed by atoms with Crippen molar-refractivity contribution in [3.05, 3.63) is 297 Å². The van der Waals surface area contributed by atoms with Gasteiger partial charge in [0.25, 0.3) is 0 Å². The molecule has 0 bridgehead atoms. The number of carbonyl (C=O) groups excluding carboxylic acids is 2. The molecule has 0 fully saturated rings. The number of aromatic hydroxyl groups is 1. The Kier molecular flexibility index (Phi) is 33.9. The van der Waals surface area contributed by atoms with E-state index in [0.717, 1.165) is 110 Å². The lowest BCUT2D eigenvalue weighted by Crippen LogP contribution is -2.35. The van der Waals surface area contributed by atoms with E-state index in [0.29, 0.717) is 53.6 Å². The van der Waals surface area contributed by atoms with Gasteiger partial charge >= 0.3 is 0 Å². The van der Waals surface area contributed by atoms with Crippen molar-refractivity contribution >= 4 is 79.2 Å². The van der Waals surface area contributed by atoms with Crippen molar-refractivity contribution in [3.63, 3.8) is 0 Å². The van der Waals surface area contributed by atoms with Gasteiger partial charge in [-0.15, -0.1) is 24.0 Å². The molecule has 0 amide bonds. The molecule has 0 aliphatic carbocycles. The van der Waals surface area contributed by atoms with Crippen molar-refractivity contribution in [2.75, 3.05) is 62.2 Å². The number of likely N-dealkylation sites (N-methyl/N-ethyl adjacent to an activating group) is 2. The number of hydrogen-bond donors (Lipinski definition) is 8. The Morgan fingerprint density at radius 3 is 1.16 bits per heavy atom. The van der Waals surface area contributed by atoms with E-state index in [1.807, 2.05) is 139 Å². The molecule has 0 radical (unpaired) electrons. The van der Waals surface area contributed by atoms with Gasteiger partial charge in [-0.05, 0) is 216 Å². The number of ether oxygens (including phenoxy) is 4. The maximum Gasteiger partial charge on any atom is 0.248 e. The van der Waals surface area contributed by atoms with Crippen LogP contribution in [0.25, 0.3) is 43.6 Å². The second-order valence-electron chi connectivity index (χ2n) is 28.6. The molecule has 12 aromatic rings. The first-order valence-electron chi connectivity index (χ1n) is 37.4. The molecule has 0 saturated carbocycles. The Bertz CT molecular complexity index is 5310. The summed E-state index contributed by atoms with van der Waals surface area (Å²) in [4.78, 5) is 86.1. The van der Waals surface area contributed by atoms with Crippen molar-refractivity contribution in [2.24, 2.45) is 5.92 Å². The number of nitrogens with one attached hydrogen (secondary N) is 5. The summed E-state index contributed by atoms with van der Waals surface area (Å²) in [7, 11) is 10.6. The fraction of sp³-hybridized carbons (Fsp3) is 0.319. The number of aromatic nitrogens is 4. The number of Topliss-reactive ketones (excluding diaryl/α,β-unsaturated/α-hetero) is 2. The number of fused-ring (bicyclic) bond motifs is 4. The van der Waals surface area contributed by atoms with Gasteiger partial charge in [0.05, 0.1) is 69.3 Å². The Balaban J connectivity index is 0.000000200. The summed E-state index contributed by atoms with van der Waals surface area (Å²) in [5.74, 6) is 4.29. The number of aryl methyl sites for hydroxylation is 3. The third kappa shape index (κ3) is 25.0. The highest BCUT2D eigenvalue weighted by Gasteiger charge is 2.22. The molecular formula is C91H108IN7O13. The van der Waals surface area contributed by atoms with Gasteiger partial charge in [-0.3, -0.25) is 33.7 Å². The molecule has 0 aliphatic rings. The first-order chi connectivity index (χ1) is 53.1. The molecule has 20 nitrogen and oxygen atoms in total. The van der Waals surface area contributed by atoms with Crippen LogP contribution in [0.3, 0.4) is 0 Å². The molecule has 4 aromatic heterocycles. The molecule has 0 aliphatic heterocycles. The summed E-state index contributed by atoms with van der Waals surface area (Å²) in [6.45, 7) is 19.6. The summed E-state index contributed by atoms with van der Waals surface area (Å²) in [5, 5.41) is 37.9. The maximum absolute atomic E-state index is 13.0. The van der Waals surface area contributed by atoms with Crippen molar-refractivity contribution in [1.82, 2.24) is 35.1 Å². The lowest BCUT2D eigenvalue weighted by Gasteiger charge is -2.28. The molecule has 0 spiro atoms. The number of aliphatic hydroxyl groups excluding tert-OH is 2. The number of aliphatic hydroxyl groups is 2. The first kappa shape index (κ1) is 88.7. The minimum atomic E-state index is -0.766. The first-order valence-corrected chi connectivity index (χ1v) is 37.4. The minimum absolute atomic E-state index is 0. The monoisotopic (exact) mass is 1630 g/mol. The highest BCUT2D eigenvalue weighted by atomic mass is 127.